The molecule has 0 spiro atoms. The smallest absolute Gasteiger partial charge is 0.304 e. The molecule has 0 bridgehead atoms. The Morgan fingerprint density at radius 3 is 2.58 bits per heavy atom. The van der Waals surface area contributed by atoms with Gasteiger partial charge in [-0.3, -0.25) is 4.79 Å². The van der Waals surface area contributed by atoms with E-state index in [-0.39, 0.29) is 23.7 Å². The van der Waals surface area contributed by atoms with Gasteiger partial charge in [0.2, 0.25) is 17.6 Å². The zero-order chi connectivity index (χ0) is 25.8. The molecule has 2 aliphatic rings. The lowest BCUT2D eigenvalue weighted by atomic mass is 10.1. The molecule has 1 saturated carbocycles. The van der Waals surface area contributed by atoms with Crippen molar-refractivity contribution >= 4 is 28.4 Å². The van der Waals surface area contributed by atoms with Crippen molar-refractivity contribution in [2.45, 2.75) is 51.7 Å². The highest BCUT2D eigenvalue weighted by molar-refractivity contribution is 5.95. The molecule has 1 aliphatic heterocycles. The van der Waals surface area contributed by atoms with Crippen LogP contribution in [0.5, 0.6) is 5.88 Å². The summed E-state index contributed by atoms with van der Waals surface area (Å²) in [4.78, 5) is 28.5. The van der Waals surface area contributed by atoms with Crippen LogP contribution < -0.4 is 15.0 Å². The van der Waals surface area contributed by atoms with Gasteiger partial charge in [0.25, 0.3) is 0 Å². The molecule has 1 unspecified atom stereocenters. The Labute approximate surface area is 207 Å². The fourth-order valence-corrected chi connectivity index (χ4v) is 4.58. The average Bonchev–Trinajstić information content (AvgIpc) is 3.39. The molecule has 1 amide bonds. The predicted octanol–water partition coefficient (Wildman–Crippen LogP) is 3.21. The number of hydrogen-bond donors (Lipinski definition) is 1. The molecule has 2 fully saturated rings. The van der Waals surface area contributed by atoms with E-state index < -0.39 is 11.7 Å². The summed E-state index contributed by atoms with van der Waals surface area (Å²) in [6.45, 7) is 5.87. The second-order valence-electron chi connectivity index (χ2n) is 10.0. The minimum absolute atomic E-state index is 0.0272. The number of carbonyl (C=O) groups is 1. The molecule has 4 heterocycles. The molecule has 192 valence electrons. The van der Waals surface area contributed by atoms with Gasteiger partial charge in [-0.15, -0.1) is 5.10 Å². The minimum atomic E-state index is -3.27. The number of fused-ring (bicyclic) bond motifs is 1. The van der Waals surface area contributed by atoms with Gasteiger partial charge in [0.1, 0.15) is 11.9 Å². The molecule has 10 nitrogen and oxygen atoms in total. The number of halogens is 2. The fraction of sp³-hybridized carbons (Fsp3) is 0.542. The number of rotatable bonds is 7. The van der Waals surface area contributed by atoms with Crippen molar-refractivity contribution in [3.63, 3.8) is 0 Å². The van der Waals surface area contributed by atoms with Gasteiger partial charge >= 0.3 is 5.92 Å². The van der Waals surface area contributed by atoms with E-state index in [4.69, 9.17) is 9.84 Å². The van der Waals surface area contributed by atoms with Gasteiger partial charge < -0.3 is 19.9 Å². The van der Waals surface area contributed by atoms with E-state index in [1.165, 1.54) is 17.7 Å². The first-order valence-electron chi connectivity index (χ1n) is 12.0. The van der Waals surface area contributed by atoms with Crippen molar-refractivity contribution in [2.75, 3.05) is 37.4 Å². The van der Waals surface area contributed by atoms with Crippen LogP contribution in [0, 0.1) is 5.92 Å². The summed E-state index contributed by atoms with van der Waals surface area (Å²) in [5, 5.41) is 8.23. The van der Waals surface area contributed by atoms with Gasteiger partial charge in [-0.25, -0.2) is 14.6 Å². The van der Waals surface area contributed by atoms with Crippen LogP contribution in [-0.2, 0) is 10.7 Å². The van der Waals surface area contributed by atoms with E-state index >= 15 is 0 Å². The number of alkyl halides is 2. The lowest BCUT2D eigenvalue weighted by molar-refractivity contribution is -0.114. The van der Waals surface area contributed by atoms with Crippen molar-refractivity contribution in [3.05, 3.63) is 24.2 Å². The first kappa shape index (κ1) is 24.3. The number of hydrogen-bond acceptors (Lipinski definition) is 8. The van der Waals surface area contributed by atoms with Crippen LogP contribution in [-0.4, -0.2) is 74.9 Å². The number of pyridine rings is 1. The van der Waals surface area contributed by atoms with Crippen LogP contribution in [0.1, 0.15) is 39.4 Å². The quantitative estimate of drug-likeness (QED) is 0.528. The second kappa shape index (κ2) is 8.91. The topological polar surface area (TPSA) is 101 Å². The summed E-state index contributed by atoms with van der Waals surface area (Å²) in [7, 11) is 4.11. The average molecular weight is 501 g/mol. The standard InChI is InChI=1S/C24H30F2N8O2/c1-13-11-33(12-18(13)32(4)5)22-16-10-27-19(28-14(2)35)8-17(16)34(31-22)20-9-21(36-15-6-7-15)30-23(29-20)24(3,25)26/h8-10,13,15,18H,6-7,11-12H2,1-5H3,(H,27,28,35)/t13-,18?/m1/s1. The zero-order valence-corrected chi connectivity index (χ0v) is 21.0. The van der Waals surface area contributed by atoms with Crippen LogP contribution in [0.2, 0.25) is 0 Å². The van der Waals surface area contributed by atoms with Crippen molar-refractivity contribution < 1.29 is 18.3 Å². The van der Waals surface area contributed by atoms with Gasteiger partial charge in [-0.05, 0) is 32.9 Å². The Kier molecular flexibility index (Phi) is 6.01. The molecule has 0 aromatic carbocycles. The number of amides is 1. The van der Waals surface area contributed by atoms with E-state index in [0.717, 1.165) is 38.2 Å². The number of nitrogens with zero attached hydrogens (tertiary/aromatic N) is 7. The maximum absolute atomic E-state index is 14.3. The Bertz CT molecular complexity index is 1300. The highest BCUT2D eigenvalue weighted by atomic mass is 19.3. The van der Waals surface area contributed by atoms with Gasteiger partial charge in [-0.1, -0.05) is 6.92 Å². The molecule has 1 N–H and O–H groups in total. The summed E-state index contributed by atoms with van der Waals surface area (Å²) >= 11 is 0. The predicted molar refractivity (Wildman–Crippen MR) is 131 cm³/mol. The number of carbonyl (C=O) groups excluding carboxylic acids is 1. The van der Waals surface area contributed by atoms with Crippen molar-refractivity contribution in [1.29, 1.82) is 0 Å². The Hall–Kier alpha value is -3.41. The molecule has 2 atom stereocenters. The molecule has 1 saturated heterocycles. The maximum atomic E-state index is 14.3. The number of anilines is 2. The van der Waals surface area contributed by atoms with Gasteiger partial charge in [-0.2, -0.15) is 13.8 Å². The van der Waals surface area contributed by atoms with Crippen molar-refractivity contribution in [2.24, 2.45) is 5.92 Å². The lowest BCUT2D eigenvalue weighted by Gasteiger charge is -2.22. The maximum Gasteiger partial charge on any atom is 0.304 e. The fourth-order valence-electron chi connectivity index (χ4n) is 4.58. The number of aromatic nitrogens is 5. The van der Waals surface area contributed by atoms with Crippen LogP contribution in [0.25, 0.3) is 16.7 Å². The van der Waals surface area contributed by atoms with E-state index in [1.54, 1.807) is 12.3 Å². The molecule has 3 aromatic rings. The van der Waals surface area contributed by atoms with E-state index in [2.05, 4.69) is 51.1 Å². The molecule has 5 rings (SSSR count). The number of ether oxygens (including phenoxy) is 1. The summed E-state index contributed by atoms with van der Waals surface area (Å²) < 4.78 is 35.9. The largest absolute Gasteiger partial charge is 0.474 e. The SMILES string of the molecule is CC(=O)Nc1cc2c(cn1)c(N1CC(N(C)C)[C@H](C)C1)nn2-c1cc(OC2CC2)nc(C(C)(F)F)n1. The lowest BCUT2D eigenvalue weighted by Crippen LogP contribution is -2.34. The first-order chi connectivity index (χ1) is 17.0. The highest BCUT2D eigenvalue weighted by Crippen LogP contribution is 2.35. The van der Waals surface area contributed by atoms with Crippen LogP contribution in [0.4, 0.5) is 20.4 Å². The summed E-state index contributed by atoms with van der Waals surface area (Å²) in [6.07, 6.45) is 3.34. The molecule has 12 heteroatoms. The van der Waals surface area contributed by atoms with Crippen LogP contribution >= 0.6 is 0 Å². The van der Waals surface area contributed by atoms with Gasteiger partial charge in [0.15, 0.2) is 11.6 Å². The summed E-state index contributed by atoms with van der Waals surface area (Å²) in [5.74, 6) is -2.54. The minimum Gasteiger partial charge on any atom is -0.474 e. The number of nitrogens with one attached hydrogen (secondary N) is 1. The van der Waals surface area contributed by atoms with Crippen molar-refractivity contribution in [3.8, 4) is 11.7 Å². The zero-order valence-electron chi connectivity index (χ0n) is 21.0. The molecule has 36 heavy (non-hydrogen) atoms. The van der Waals surface area contributed by atoms with E-state index in [0.29, 0.717) is 29.1 Å². The summed E-state index contributed by atoms with van der Waals surface area (Å²) in [5.41, 5.74) is 0.575. The van der Waals surface area contributed by atoms with Gasteiger partial charge in [0.05, 0.1) is 10.9 Å². The van der Waals surface area contributed by atoms with Crippen LogP contribution in [0.3, 0.4) is 0 Å². The first-order valence-corrected chi connectivity index (χ1v) is 12.0. The molecular weight excluding hydrogens is 470 g/mol. The molecular formula is C24H30F2N8O2. The monoisotopic (exact) mass is 500 g/mol. The van der Waals surface area contributed by atoms with Gasteiger partial charge in [0, 0.05) is 51.3 Å². The summed E-state index contributed by atoms with van der Waals surface area (Å²) in [6, 6.07) is 3.53. The molecule has 0 radical (unpaired) electrons. The number of likely N-dealkylation sites (N-methyl/N-ethyl adjacent to an activating group) is 1. The molecule has 3 aromatic heterocycles. The highest BCUT2D eigenvalue weighted by Gasteiger charge is 2.35. The Morgan fingerprint density at radius 1 is 1.22 bits per heavy atom. The van der Waals surface area contributed by atoms with E-state index in [1.807, 2.05) is 0 Å². The van der Waals surface area contributed by atoms with Crippen molar-refractivity contribution in [1.82, 2.24) is 29.6 Å². The second-order valence-corrected chi connectivity index (χ2v) is 10.0. The Balaban J connectivity index is 1.66. The van der Waals surface area contributed by atoms with Crippen LogP contribution in [0.15, 0.2) is 18.3 Å². The normalized spacial score (nSPS) is 20.4. The third-order valence-corrected chi connectivity index (χ3v) is 6.50. The Morgan fingerprint density at radius 2 is 1.97 bits per heavy atom. The third kappa shape index (κ3) is 4.81. The third-order valence-electron chi connectivity index (χ3n) is 6.50. The van der Waals surface area contributed by atoms with E-state index in [9.17, 15) is 13.6 Å². The molecule has 1 aliphatic carbocycles.